The molecule has 0 amide bonds. The van der Waals surface area contributed by atoms with Crippen LogP contribution in [0.3, 0.4) is 0 Å². The molecule has 0 saturated carbocycles. The van der Waals surface area contributed by atoms with Gasteiger partial charge < -0.3 is 14.4 Å². The molecule has 6 heteroatoms. The zero-order valence-electron chi connectivity index (χ0n) is 41.0. The fourth-order valence-corrected chi connectivity index (χ4v) is 11.1. The Kier molecular flexibility index (Phi) is 10.9. The number of aryl methyl sites for hydroxylation is 1. The molecule has 0 atom stereocenters. The van der Waals surface area contributed by atoms with Gasteiger partial charge in [-0.3, -0.25) is 0 Å². The third kappa shape index (κ3) is 7.97. The van der Waals surface area contributed by atoms with E-state index in [2.05, 4.69) is 245 Å². The van der Waals surface area contributed by atoms with Crippen molar-refractivity contribution in [3.8, 4) is 39.9 Å². The highest BCUT2D eigenvalue weighted by atomic mass is 15.2. The van der Waals surface area contributed by atoms with E-state index in [0.717, 1.165) is 102 Å². The summed E-state index contributed by atoms with van der Waals surface area (Å²) in [5, 5.41) is 6.92. The van der Waals surface area contributed by atoms with E-state index in [1.807, 2.05) is 36.4 Å². The number of allylic oxidation sites excluding steroid dienone is 1. The SMILES string of the molecule is C1=Cc2cc(N(c3ccccc3)c3ccc4c(c3)c3cc(N(c5ccccc5)c5ccc6ccccc6c5)c5ccccc5c3n4-c3cccc(-c4nc(-c5ccccc5)nc(-c5ccccc5)n4)c3)ccc2CC1. The van der Waals surface area contributed by atoms with E-state index >= 15 is 0 Å². The number of nitrogens with zero attached hydrogens (tertiary/aromatic N) is 6. The lowest BCUT2D eigenvalue weighted by atomic mass is 9.96. The molecule has 2 heterocycles. The van der Waals surface area contributed by atoms with E-state index in [1.165, 1.54) is 21.9 Å². The lowest BCUT2D eigenvalue weighted by Crippen LogP contribution is -2.11. The van der Waals surface area contributed by atoms with Crippen molar-refractivity contribution in [1.29, 1.82) is 0 Å². The minimum absolute atomic E-state index is 0.604. The predicted molar refractivity (Wildman–Crippen MR) is 312 cm³/mol. The molecule has 354 valence electrons. The molecule has 6 nitrogen and oxygen atoms in total. The quantitative estimate of drug-likeness (QED) is 0.137. The fraction of sp³-hybridized carbons (Fsp3) is 0.0290. The van der Waals surface area contributed by atoms with Crippen molar-refractivity contribution in [2.24, 2.45) is 0 Å². The maximum absolute atomic E-state index is 5.17. The van der Waals surface area contributed by atoms with E-state index in [1.54, 1.807) is 0 Å². The molecule has 1 aliphatic carbocycles. The molecule has 0 aliphatic heterocycles. The van der Waals surface area contributed by atoms with Crippen LogP contribution in [0.4, 0.5) is 34.1 Å². The minimum Gasteiger partial charge on any atom is -0.310 e. The molecule has 75 heavy (non-hydrogen) atoms. The monoisotopic (exact) mass is 960 g/mol. The Balaban J connectivity index is 1.04. The normalized spacial score (nSPS) is 12.1. The van der Waals surface area contributed by atoms with Crippen LogP contribution < -0.4 is 9.80 Å². The first-order valence-corrected chi connectivity index (χ1v) is 25.6. The first-order chi connectivity index (χ1) is 37.2. The lowest BCUT2D eigenvalue weighted by molar-refractivity contribution is 0.985. The van der Waals surface area contributed by atoms with Gasteiger partial charge in [0.05, 0.1) is 16.7 Å². The van der Waals surface area contributed by atoms with Crippen molar-refractivity contribution in [3.63, 3.8) is 0 Å². The van der Waals surface area contributed by atoms with Gasteiger partial charge in [-0.25, -0.2) is 15.0 Å². The number of aromatic nitrogens is 4. The summed E-state index contributed by atoms with van der Waals surface area (Å²) in [6, 6.07) is 91.1. The van der Waals surface area contributed by atoms with Crippen LogP contribution in [-0.4, -0.2) is 19.5 Å². The van der Waals surface area contributed by atoms with Gasteiger partial charge in [-0.05, 0) is 120 Å². The molecule has 0 N–H and O–H groups in total. The molecule has 11 aromatic carbocycles. The molecule has 2 aromatic heterocycles. The standard InChI is InChI=1S/C69H48N6/c1-5-22-49(23-6-1)67-70-68(50-24-7-2-8-25-50)72-69(71-67)53-28-19-33-56(44-53)75-64-41-40-59(73(54-29-9-3-10-30-54)57-38-36-47-20-13-15-26-51(47)42-57)45-62(64)63-46-65(60-34-17-18-35-61(60)66(63)75)74(55-31-11-4-12-32-55)58-39-37-48-21-14-16-27-52(48)43-58/h1-12,14-19,21-46H,13,20H2. The molecular weight excluding hydrogens is 913 g/mol. The second-order valence-electron chi connectivity index (χ2n) is 19.2. The summed E-state index contributed by atoms with van der Waals surface area (Å²) in [7, 11) is 0. The van der Waals surface area contributed by atoms with Crippen LogP contribution in [0, 0.1) is 0 Å². The maximum Gasteiger partial charge on any atom is 0.164 e. The zero-order chi connectivity index (χ0) is 49.7. The Morgan fingerprint density at radius 1 is 0.360 bits per heavy atom. The van der Waals surface area contributed by atoms with E-state index in [-0.39, 0.29) is 0 Å². The number of hydrogen-bond donors (Lipinski definition) is 0. The summed E-state index contributed by atoms with van der Waals surface area (Å²) in [4.78, 5) is 20.2. The molecule has 0 bridgehead atoms. The largest absolute Gasteiger partial charge is 0.310 e. The first kappa shape index (κ1) is 43.8. The molecule has 0 unspecified atom stereocenters. The first-order valence-electron chi connectivity index (χ1n) is 25.6. The van der Waals surface area contributed by atoms with Crippen LogP contribution in [-0.2, 0) is 6.42 Å². The summed E-state index contributed by atoms with van der Waals surface area (Å²) < 4.78 is 2.45. The summed E-state index contributed by atoms with van der Waals surface area (Å²) in [5.41, 5.74) is 15.1. The van der Waals surface area contributed by atoms with Gasteiger partial charge in [0.2, 0.25) is 0 Å². The van der Waals surface area contributed by atoms with Crippen LogP contribution in [0.15, 0.2) is 261 Å². The summed E-state index contributed by atoms with van der Waals surface area (Å²) in [6.45, 7) is 0. The highest BCUT2D eigenvalue weighted by Crippen LogP contribution is 2.48. The molecule has 1 aliphatic rings. The molecule has 0 saturated heterocycles. The zero-order valence-corrected chi connectivity index (χ0v) is 41.0. The van der Waals surface area contributed by atoms with Crippen LogP contribution in [0.1, 0.15) is 17.5 Å². The number of para-hydroxylation sites is 2. The smallest absolute Gasteiger partial charge is 0.164 e. The Morgan fingerprint density at radius 3 is 1.64 bits per heavy atom. The van der Waals surface area contributed by atoms with Crippen molar-refractivity contribution in [2.75, 3.05) is 9.80 Å². The highest BCUT2D eigenvalue weighted by molar-refractivity contribution is 6.23. The summed E-state index contributed by atoms with van der Waals surface area (Å²) in [5.74, 6) is 1.85. The van der Waals surface area contributed by atoms with E-state index in [9.17, 15) is 0 Å². The van der Waals surface area contributed by atoms with Gasteiger partial charge in [0, 0.05) is 72.4 Å². The third-order valence-corrected chi connectivity index (χ3v) is 14.6. The van der Waals surface area contributed by atoms with Crippen molar-refractivity contribution < 1.29 is 0 Å². The third-order valence-electron chi connectivity index (χ3n) is 14.6. The highest BCUT2D eigenvalue weighted by Gasteiger charge is 2.25. The Bertz CT molecular complexity index is 4240. The van der Waals surface area contributed by atoms with Crippen molar-refractivity contribution >= 4 is 83.6 Å². The van der Waals surface area contributed by atoms with Gasteiger partial charge in [-0.1, -0.05) is 182 Å². The number of anilines is 6. The van der Waals surface area contributed by atoms with Crippen LogP contribution in [0.5, 0.6) is 0 Å². The average molecular weight is 961 g/mol. The summed E-state index contributed by atoms with van der Waals surface area (Å²) >= 11 is 0. The Morgan fingerprint density at radius 2 is 0.920 bits per heavy atom. The maximum atomic E-state index is 5.17. The Hall–Kier alpha value is -9.91. The van der Waals surface area contributed by atoms with Gasteiger partial charge >= 0.3 is 0 Å². The van der Waals surface area contributed by atoms with Crippen molar-refractivity contribution in [3.05, 3.63) is 272 Å². The van der Waals surface area contributed by atoms with Crippen LogP contribution in [0.2, 0.25) is 0 Å². The summed E-state index contributed by atoms with van der Waals surface area (Å²) in [6.07, 6.45) is 6.68. The van der Waals surface area contributed by atoms with Crippen molar-refractivity contribution in [1.82, 2.24) is 19.5 Å². The average Bonchev–Trinajstić information content (AvgIpc) is 3.83. The topological polar surface area (TPSA) is 50.1 Å². The van der Waals surface area contributed by atoms with E-state index in [0.29, 0.717) is 17.5 Å². The molecule has 0 spiro atoms. The molecule has 14 rings (SSSR count). The van der Waals surface area contributed by atoms with Gasteiger partial charge in [0.1, 0.15) is 0 Å². The van der Waals surface area contributed by atoms with Crippen LogP contribution >= 0.6 is 0 Å². The molecular formula is C69H48N6. The molecule has 0 fully saturated rings. The minimum atomic E-state index is 0.604. The van der Waals surface area contributed by atoms with Gasteiger partial charge in [0.25, 0.3) is 0 Å². The predicted octanol–water partition coefficient (Wildman–Crippen LogP) is 18.2. The Labute approximate surface area is 435 Å². The fourth-order valence-electron chi connectivity index (χ4n) is 11.1. The van der Waals surface area contributed by atoms with E-state index < -0.39 is 0 Å². The van der Waals surface area contributed by atoms with Gasteiger partial charge in [-0.2, -0.15) is 0 Å². The lowest BCUT2D eigenvalue weighted by Gasteiger charge is -2.28. The van der Waals surface area contributed by atoms with Crippen LogP contribution in [0.25, 0.3) is 89.3 Å². The second kappa shape index (κ2) is 18.6. The van der Waals surface area contributed by atoms with Gasteiger partial charge in [-0.15, -0.1) is 0 Å². The van der Waals surface area contributed by atoms with Crippen molar-refractivity contribution in [2.45, 2.75) is 12.8 Å². The number of benzene rings is 11. The number of fused-ring (bicyclic) bond motifs is 7. The molecule has 13 aromatic rings. The molecule has 0 radical (unpaired) electrons. The van der Waals surface area contributed by atoms with Gasteiger partial charge in [0.15, 0.2) is 17.5 Å². The number of rotatable bonds is 10. The second-order valence-corrected chi connectivity index (χ2v) is 19.2. The van der Waals surface area contributed by atoms with E-state index in [4.69, 9.17) is 15.0 Å². The number of hydrogen-bond acceptors (Lipinski definition) is 5.